The second kappa shape index (κ2) is 8.26. The largest absolute Gasteiger partial charge is 0.351 e. The topological polar surface area (TPSA) is 88.8 Å². The highest BCUT2D eigenvalue weighted by molar-refractivity contribution is 5.96. The minimum atomic E-state index is -0.812. The SMILES string of the molecule is CCCCC[NH2+][C@H](C(=O)NC(N)=O)c1ccccc1. The Morgan fingerprint density at radius 1 is 1.26 bits per heavy atom. The summed E-state index contributed by atoms with van der Waals surface area (Å²) in [4.78, 5) is 22.8. The molecule has 0 radical (unpaired) electrons. The molecule has 104 valence electrons. The Hall–Kier alpha value is -1.88. The lowest BCUT2D eigenvalue weighted by Crippen LogP contribution is -2.87. The molecule has 0 heterocycles. The molecule has 1 atom stereocenters. The molecule has 0 fully saturated rings. The van der Waals surface area contributed by atoms with Crippen LogP contribution in [0.4, 0.5) is 4.79 Å². The van der Waals surface area contributed by atoms with Crippen LogP contribution < -0.4 is 16.4 Å². The van der Waals surface area contributed by atoms with Crippen molar-refractivity contribution < 1.29 is 14.9 Å². The minimum absolute atomic E-state index is 0.366. The quantitative estimate of drug-likeness (QED) is 0.632. The highest BCUT2D eigenvalue weighted by Crippen LogP contribution is 2.08. The molecule has 5 nitrogen and oxygen atoms in total. The first-order valence-corrected chi connectivity index (χ1v) is 6.63. The number of unbranched alkanes of at least 4 members (excludes halogenated alkanes) is 2. The predicted molar refractivity (Wildman–Crippen MR) is 73.2 cm³/mol. The van der Waals surface area contributed by atoms with Gasteiger partial charge in [0.2, 0.25) is 0 Å². The molecule has 0 aliphatic rings. The Labute approximate surface area is 113 Å². The minimum Gasteiger partial charge on any atom is -0.351 e. The Morgan fingerprint density at radius 3 is 2.53 bits per heavy atom. The molecular formula is C14H22N3O2+. The van der Waals surface area contributed by atoms with E-state index in [2.05, 4.69) is 12.2 Å². The van der Waals surface area contributed by atoms with Gasteiger partial charge in [-0.2, -0.15) is 0 Å². The number of nitrogens with two attached hydrogens (primary N) is 2. The van der Waals surface area contributed by atoms with Gasteiger partial charge in [0.25, 0.3) is 5.91 Å². The predicted octanol–water partition coefficient (Wildman–Crippen LogP) is 0.676. The van der Waals surface area contributed by atoms with Gasteiger partial charge >= 0.3 is 6.03 Å². The van der Waals surface area contributed by atoms with Crippen molar-refractivity contribution in [3.63, 3.8) is 0 Å². The maximum absolute atomic E-state index is 12.0. The van der Waals surface area contributed by atoms with Crippen LogP contribution >= 0.6 is 0 Å². The van der Waals surface area contributed by atoms with E-state index in [1.54, 1.807) is 0 Å². The Morgan fingerprint density at radius 2 is 1.95 bits per heavy atom. The molecular weight excluding hydrogens is 242 g/mol. The molecule has 1 aromatic carbocycles. The van der Waals surface area contributed by atoms with Crippen molar-refractivity contribution in [1.29, 1.82) is 0 Å². The van der Waals surface area contributed by atoms with Crippen molar-refractivity contribution in [3.8, 4) is 0 Å². The zero-order chi connectivity index (χ0) is 14.1. The van der Waals surface area contributed by atoms with Gasteiger partial charge in [-0.25, -0.2) is 4.79 Å². The van der Waals surface area contributed by atoms with E-state index in [9.17, 15) is 9.59 Å². The van der Waals surface area contributed by atoms with Crippen LogP contribution in [0.2, 0.25) is 0 Å². The lowest BCUT2D eigenvalue weighted by Gasteiger charge is -2.14. The number of carbonyl (C=O) groups excluding carboxylic acids is 2. The van der Waals surface area contributed by atoms with E-state index < -0.39 is 12.1 Å². The first-order valence-electron chi connectivity index (χ1n) is 6.63. The molecule has 5 N–H and O–H groups in total. The smallest absolute Gasteiger partial charge is 0.319 e. The number of nitrogens with one attached hydrogen (secondary N) is 1. The number of imide groups is 1. The second-order valence-electron chi connectivity index (χ2n) is 4.47. The summed E-state index contributed by atoms with van der Waals surface area (Å²) >= 11 is 0. The van der Waals surface area contributed by atoms with Gasteiger partial charge in [0.05, 0.1) is 6.54 Å². The maximum Gasteiger partial charge on any atom is 0.319 e. The Kier molecular flexibility index (Phi) is 6.60. The summed E-state index contributed by atoms with van der Waals surface area (Å²) < 4.78 is 0. The van der Waals surface area contributed by atoms with Gasteiger partial charge in [0.15, 0.2) is 6.04 Å². The van der Waals surface area contributed by atoms with Crippen molar-refractivity contribution in [1.82, 2.24) is 5.32 Å². The number of carbonyl (C=O) groups is 2. The van der Waals surface area contributed by atoms with E-state index in [-0.39, 0.29) is 5.91 Å². The van der Waals surface area contributed by atoms with Crippen LogP contribution in [0.1, 0.15) is 37.8 Å². The van der Waals surface area contributed by atoms with Crippen molar-refractivity contribution in [2.75, 3.05) is 6.54 Å². The number of benzene rings is 1. The van der Waals surface area contributed by atoms with Gasteiger partial charge in [-0.15, -0.1) is 0 Å². The average molecular weight is 264 g/mol. The third-order valence-corrected chi connectivity index (χ3v) is 2.90. The summed E-state index contributed by atoms with van der Waals surface area (Å²) in [7, 11) is 0. The van der Waals surface area contributed by atoms with Crippen molar-refractivity contribution >= 4 is 11.9 Å². The molecule has 19 heavy (non-hydrogen) atoms. The van der Waals surface area contributed by atoms with E-state index in [1.165, 1.54) is 0 Å². The summed E-state index contributed by atoms with van der Waals surface area (Å²) in [6, 6.07) is 8.16. The lowest BCUT2D eigenvalue weighted by atomic mass is 10.1. The van der Waals surface area contributed by atoms with Gasteiger partial charge < -0.3 is 11.1 Å². The molecule has 1 rings (SSSR count). The number of quaternary nitrogens is 1. The van der Waals surface area contributed by atoms with Crippen molar-refractivity contribution in [2.24, 2.45) is 5.73 Å². The van der Waals surface area contributed by atoms with Gasteiger partial charge in [0, 0.05) is 5.56 Å². The van der Waals surface area contributed by atoms with Crippen LogP contribution in [0.3, 0.4) is 0 Å². The zero-order valence-electron chi connectivity index (χ0n) is 11.3. The van der Waals surface area contributed by atoms with Crippen LogP contribution in [0.15, 0.2) is 30.3 Å². The molecule has 0 bridgehead atoms. The third-order valence-electron chi connectivity index (χ3n) is 2.90. The van der Waals surface area contributed by atoms with E-state index >= 15 is 0 Å². The fourth-order valence-corrected chi connectivity index (χ4v) is 1.93. The van der Waals surface area contributed by atoms with E-state index in [0.717, 1.165) is 31.4 Å². The molecule has 1 aromatic rings. The van der Waals surface area contributed by atoms with Crippen LogP contribution in [-0.2, 0) is 4.79 Å². The van der Waals surface area contributed by atoms with Crippen LogP contribution in [0.25, 0.3) is 0 Å². The van der Waals surface area contributed by atoms with E-state index in [1.807, 2.05) is 35.6 Å². The zero-order valence-corrected chi connectivity index (χ0v) is 11.3. The molecule has 5 heteroatoms. The summed E-state index contributed by atoms with van der Waals surface area (Å²) in [5.41, 5.74) is 5.87. The first kappa shape index (κ1) is 15.2. The first-order chi connectivity index (χ1) is 9.15. The van der Waals surface area contributed by atoms with Crippen molar-refractivity contribution in [2.45, 2.75) is 32.2 Å². The monoisotopic (exact) mass is 264 g/mol. The lowest BCUT2D eigenvalue weighted by molar-refractivity contribution is -0.683. The van der Waals surface area contributed by atoms with Crippen LogP contribution in [-0.4, -0.2) is 18.5 Å². The molecule has 0 saturated heterocycles. The summed E-state index contributed by atoms with van der Waals surface area (Å²) in [6.07, 6.45) is 3.32. The molecule has 0 spiro atoms. The van der Waals surface area contributed by atoms with Gasteiger partial charge in [-0.3, -0.25) is 10.1 Å². The Balaban J connectivity index is 2.68. The molecule has 0 unspecified atom stereocenters. The third kappa shape index (κ3) is 5.52. The van der Waals surface area contributed by atoms with E-state index in [0.29, 0.717) is 0 Å². The number of amides is 3. The van der Waals surface area contributed by atoms with Gasteiger partial charge in [0.1, 0.15) is 0 Å². The molecule has 0 saturated carbocycles. The van der Waals surface area contributed by atoms with E-state index in [4.69, 9.17) is 5.73 Å². The maximum atomic E-state index is 12.0. The Bertz CT molecular complexity index is 406. The number of hydrogen-bond acceptors (Lipinski definition) is 2. The number of rotatable bonds is 7. The number of primary amides is 1. The normalized spacial score (nSPS) is 11.8. The van der Waals surface area contributed by atoms with Crippen LogP contribution in [0.5, 0.6) is 0 Å². The van der Waals surface area contributed by atoms with Gasteiger partial charge in [-0.05, 0) is 12.8 Å². The second-order valence-corrected chi connectivity index (χ2v) is 4.47. The fraction of sp³-hybridized carbons (Fsp3) is 0.429. The fourth-order valence-electron chi connectivity index (χ4n) is 1.93. The summed E-state index contributed by atoms with van der Waals surface area (Å²) in [6.45, 7) is 2.98. The molecule has 0 aliphatic heterocycles. The average Bonchev–Trinajstić information content (AvgIpc) is 2.39. The number of urea groups is 1. The summed E-state index contributed by atoms with van der Waals surface area (Å²) in [5, 5.41) is 4.10. The van der Waals surface area contributed by atoms with Crippen LogP contribution in [0, 0.1) is 0 Å². The molecule has 0 aliphatic carbocycles. The highest BCUT2D eigenvalue weighted by atomic mass is 16.2. The number of hydrogen-bond donors (Lipinski definition) is 3. The summed E-state index contributed by atoms with van der Waals surface area (Å²) in [5.74, 6) is -0.366. The van der Waals surface area contributed by atoms with Gasteiger partial charge in [-0.1, -0.05) is 43.7 Å². The molecule has 0 aromatic heterocycles. The highest BCUT2D eigenvalue weighted by Gasteiger charge is 2.24. The standard InChI is InChI=1S/C14H21N3O2/c1-2-3-7-10-16-12(13(18)17-14(15)19)11-8-5-4-6-9-11/h4-6,8-9,12,16H,2-3,7,10H2,1H3,(H3,15,17,18,19)/p+1/t12-/m0/s1. The van der Waals surface area contributed by atoms with Crippen molar-refractivity contribution in [3.05, 3.63) is 35.9 Å². The molecule has 3 amide bonds.